The third-order valence-corrected chi connectivity index (χ3v) is 5.72. The van der Waals surface area contributed by atoms with E-state index >= 15 is 0 Å². The van der Waals surface area contributed by atoms with Gasteiger partial charge >= 0.3 is 0 Å². The Bertz CT molecular complexity index is 862. The monoisotopic (exact) mass is 350 g/mol. The molecular weight excluding hydrogens is 332 g/mol. The van der Waals surface area contributed by atoms with Crippen LogP contribution in [0.15, 0.2) is 24.3 Å². The van der Waals surface area contributed by atoms with Crippen LogP contribution in [0, 0.1) is 56.2 Å². The average molecular weight is 350 g/mol. The van der Waals surface area contributed by atoms with Gasteiger partial charge in [0.1, 0.15) is 11.9 Å². The van der Waals surface area contributed by atoms with Crippen molar-refractivity contribution >= 4 is 5.90 Å². The smallest absolute Gasteiger partial charge is 0.217 e. The van der Waals surface area contributed by atoms with Crippen LogP contribution in [0.25, 0.3) is 0 Å². The molecule has 7 heteroatoms. The molecule has 0 aromatic heterocycles. The number of methoxy groups -OCH3 is 1. The minimum atomic E-state index is -1.91. The maximum absolute atomic E-state index is 10.0. The summed E-state index contributed by atoms with van der Waals surface area (Å²) in [4.78, 5) is 0. The van der Waals surface area contributed by atoms with Crippen molar-refractivity contribution in [3.05, 3.63) is 29.8 Å². The summed E-state index contributed by atoms with van der Waals surface area (Å²) < 4.78 is 17.0. The first kappa shape index (κ1) is 17.7. The van der Waals surface area contributed by atoms with E-state index in [1.807, 2.05) is 19.1 Å². The first-order chi connectivity index (χ1) is 12.4. The van der Waals surface area contributed by atoms with Gasteiger partial charge in [0.25, 0.3) is 0 Å². The summed E-state index contributed by atoms with van der Waals surface area (Å²) >= 11 is 0. The number of nitrogens with one attached hydrogen (secondary N) is 1. The first-order valence-corrected chi connectivity index (χ1v) is 8.25. The van der Waals surface area contributed by atoms with Crippen LogP contribution >= 0.6 is 0 Å². The molecule has 2 heterocycles. The van der Waals surface area contributed by atoms with Crippen LogP contribution in [0.2, 0.25) is 0 Å². The highest BCUT2D eigenvalue weighted by Gasteiger charge is 2.78. The van der Waals surface area contributed by atoms with Gasteiger partial charge in [-0.3, -0.25) is 5.41 Å². The second kappa shape index (κ2) is 5.73. The number of ether oxygens (including phenoxy) is 3. The van der Waals surface area contributed by atoms with Crippen LogP contribution < -0.4 is 4.74 Å². The Morgan fingerprint density at radius 1 is 1.15 bits per heavy atom. The molecule has 7 nitrogen and oxygen atoms in total. The number of rotatable bonds is 3. The zero-order chi connectivity index (χ0) is 19.2. The third kappa shape index (κ3) is 1.80. The maximum atomic E-state index is 10.0. The Labute approximate surface area is 151 Å². The lowest BCUT2D eigenvalue weighted by Crippen LogP contribution is -2.58. The molecule has 0 saturated carbocycles. The molecule has 3 rings (SSSR count). The summed E-state index contributed by atoms with van der Waals surface area (Å²) in [7, 11) is 1.54. The van der Waals surface area contributed by atoms with Gasteiger partial charge in [0, 0.05) is 6.42 Å². The van der Waals surface area contributed by atoms with Gasteiger partial charge in [-0.1, -0.05) is 26.0 Å². The number of benzene rings is 1. The average Bonchev–Trinajstić information content (AvgIpc) is 2.84. The van der Waals surface area contributed by atoms with Crippen molar-refractivity contribution in [1.82, 2.24) is 0 Å². The summed E-state index contributed by atoms with van der Waals surface area (Å²) in [5, 5.41) is 38.3. The minimum absolute atomic E-state index is 0.375. The lowest BCUT2D eigenvalue weighted by atomic mass is 9.53. The van der Waals surface area contributed by atoms with Crippen molar-refractivity contribution < 1.29 is 14.2 Å². The molecule has 0 amide bonds. The fourth-order valence-corrected chi connectivity index (χ4v) is 4.12. The molecular formula is C19H18N4O3. The Hall–Kier alpha value is -3.08. The molecule has 2 fully saturated rings. The summed E-state index contributed by atoms with van der Waals surface area (Å²) in [6.45, 7) is 3.52. The van der Waals surface area contributed by atoms with E-state index in [2.05, 4.69) is 6.07 Å². The number of hydrogen-bond acceptors (Lipinski definition) is 7. The van der Waals surface area contributed by atoms with Crippen LogP contribution in [0.4, 0.5) is 0 Å². The highest BCUT2D eigenvalue weighted by Crippen LogP contribution is 2.66. The number of hydrogen-bond donors (Lipinski definition) is 1. The predicted octanol–water partition coefficient (Wildman–Crippen LogP) is 3.06. The zero-order valence-electron chi connectivity index (χ0n) is 14.7. The summed E-state index contributed by atoms with van der Waals surface area (Å²) in [5.41, 5.74) is -3.08. The SMILES string of the molecule is CC[C@]12OC(=N)[C@](C#N)([C@H]1C)C(C#N)(C#N)[C@@H](c1ccc(OC)cc1)O2. The molecule has 2 saturated heterocycles. The van der Waals surface area contributed by atoms with E-state index in [-0.39, 0.29) is 5.90 Å². The second-order valence-corrected chi connectivity index (χ2v) is 6.54. The molecule has 132 valence electrons. The van der Waals surface area contributed by atoms with Gasteiger partial charge in [0.05, 0.1) is 31.2 Å². The van der Waals surface area contributed by atoms with Crippen LogP contribution in [0.3, 0.4) is 0 Å². The van der Waals surface area contributed by atoms with Gasteiger partial charge in [-0.2, -0.15) is 15.8 Å². The third-order valence-electron chi connectivity index (χ3n) is 5.72. The second-order valence-electron chi connectivity index (χ2n) is 6.54. The van der Waals surface area contributed by atoms with E-state index in [4.69, 9.17) is 19.6 Å². The number of fused-ring (bicyclic) bond motifs is 2. The molecule has 2 aliphatic heterocycles. The molecule has 1 N–H and O–H groups in total. The topological polar surface area (TPSA) is 123 Å². The molecule has 1 aromatic carbocycles. The van der Waals surface area contributed by atoms with Crippen LogP contribution in [-0.2, 0) is 9.47 Å². The van der Waals surface area contributed by atoms with Crippen molar-refractivity contribution in [3.63, 3.8) is 0 Å². The Morgan fingerprint density at radius 2 is 1.77 bits per heavy atom. The number of nitrogens with zero attached hydrogens (tertiary/aromatic N) is 3. The minimum Gasteiger partial charge on any atom is -0.497 e. The molecule has 26 heavy (non-hydrogen) atoms. The van der Waals surface area contributed by atoms with Gasteiger partial charge in [-0.25, -0.2) is 0 Å². The van der Waals surface area contributed by atoms with Crippen molar-refractivity contribution in [3.8, 4) is 24.0 Å². The van der Waals surface area contributed by atoms with E-state index in [0.29, 0.717) is 17.7 Å². The zero-order valence-corrected chi connectivity index (χ0v) is 14.7. The largest absolute Gasteiger partial charge is 0.497 e. The van der Waals surface area contributed by atoms with Gasteiger partial charge in [0.15, 0.2) is 5.41 Å². The lowest BCUT2D eigenvalue weighted by Gasteiger charge is -2.48. The van der Waals surface area contributed by atoms with E-state index in [1.54, 1.807) is 31.2 Å². The maximum Gasteiger partial charge on any atom is 0.217 e. The quantitative estimate of drug-likeness (QED) is 0.893. The molecule has 0 aliphatic carbocycles. The lowest BCUT2D eigenvalue weighted by molar-refractivity contribution is -0.280. The molecule has 2 aliphatic rings. The van der Waals surface area contributed by atoms with Crippen LogP contribution in [0.5, 0.6) is 5.75 Å². The predicted molar refractivity (Wildman–Crippen MR) is 89.5 cm³/mol. The Balaban J connectivity index is 2.28. The van der Waals surface area contributed by atoms with Gasteiger partial charge in [-0.15, -0.1) is 0 Å². The highest BCUT2D eigenvalue weighted by atomic mass is 16.7. The fraction of sp³-hybridized carbons (Fsp3) is 0.474. The highest BCUT2D eigenvalue weighted by molar-refractivity contribution is 5.89. The summed E-state index contributed by atoms with van der Waals surface area (Å²) in [6, 6.07) is 12.9. The van der Waals surface area contributed by atoms with Gasteiger partial charge in [0.2, 0.25) is 17.1 Å². The van der Waals surface area contributed by atoms with E-state index in [0.717, 1.165) is 0 Å². The fourth-order valence-electron chi connectivity index (χ4n) is 4.12. The normalized spacial score (nSPS) is 34.1. The number of nitriles is 3. The molecule has 1 aromatic rings. The van der Waals surface area contributed by atoms with Crippen molar-refractivity contribution in [2.24, 2.45) is 16.7 Å². The summed E-state index contributed by atoms with van der Waals surface area (Å²) in [5.74, 6) is -1.64. The van der Waals surface area contributed by atoms with Crippen molar-refractivity contribution in [1.29, 1.82) is 21.2 Å². The molecule has 4 atom stereocenters. The Kier molecular flexibility index (Phi) is 3.91. The van der Waals surface area contributed by atoms with Crippen molar-refractivity contribution in [2.75, 3.05) is 7.11 Å². The Morgan fingerprint density at radius 3 is 2.23 bits per heavy atom. The molecule has 2 bridgehead atoms. The van der Waals surface area contributed by atoms with E-state index in [1.165, 1.54) is 7.11 Å². The standard InChI is InChI=1S/C19H18N4O3/c1-4-19-12(2)18(11-22,16(23)26-19)17(9-20,10-21)15(25-19)13-5-7-14(24-3)8-6-13/h5-8,12,15,23H,4H2,1-3H3/t12-,15-,18+,19+/m1/s1. The van der Waals surface area contributed by atoms with Gasteiger partial charge in [-0.05, 0) is 17.7 Å². The van der Waals surface area contributed by atoms with Crippen molar-refractivity contribution in [2.45, 2.75) is 32.2 Å². The van der Waals surface area contributed by atoms with Gasteiger partial charge < -0.3 is 14.2 Å². The molecule has 0 spiro atoms. The molecule has 0 radical (unpaired) electrons. The molecule has 0 unspecified atom stereocenters. The van der Waals surface area contributed by atoms with E-state index < -0.39 is 28.6 Å². The first-order valence-electron chi connectivity index (χ1n) is 8.25. The van der Waals surface area contributed by atoms with E-state index in [9.17, 15) is 15.8 Å². The van der Waals surface area contributed by atoms with Crippen LogP contribution in [0.1, 0.15) is 31.9 Å². The van der Waals surface area contributed by atoms with Crippen LogP contribution in [-0.4, -0.2) is 18.8 Å². The summed E-state index contributed by atoms with van der Waals surface area (Å²) in [6.07, 6.45) is -0.665.